The second kappa shape index (κ2) is 6.94. The predicted molar refractivity (Wildman–Crippen MR) is 112 cm³/mol. The molecule has 1 aromatic heterocycles. The van der Waals surface area contributed by atoms with Gasteiger partial charge in [-0.15, -0.1) is 4.40 Å². The third-order valence-electron chi connectivity index (χ3n) is 5.05. The summed E-state index contributed by atoms with van der Waals surface area (Å²) < 4.78 is 29.1. The van der Waals surface area contributed by atoms with Crippen LogP contribution in [-0.4, -0.2) is 41.2 Å². The van der Waals surface area contributed by atoms with Crippen LogP contribution in [0.5, 0.6) is 0 Å². The molecular weight excluding hydrogens is 404 g/mol. The molecule has 2 aliphatic heterocycles. The van der Waals surface area contributed by atoms with Crippen molar-refractivity contribution in [3.05, 3.63) is 65.7 Å². The van der Waals surface area contributed by atoms with Crippen LogP contribution in [-0.2, 0) is 21.4 Å². The molecule has 2 aromatic rings. The first-order valence-corrected chi connectivity index (χ1v) is 10.9. The van der Waals surface area contributed by atoms with Gasteiger partial charge in [-0.3, -0.25) is 9.78 Å². The molecule has 0 fully saturated rings. The van der Waals surface area contributed by atoms with E-state index < -0.39 is 27.4 Å². The van der Waals surface area contributed by atoms with E-state index in [1.54, 1.807) is 36.5 Å². The number of amides is 1. The quantitative estimate of drug-likeness (QED) is 0.781. The van der Waals surface area contributed by atoms with Crippen molar-refractivity contribution in [2.45, 2.75) is 38.3 Å². The van der Waals surface area contributed by atoms with Crippen molar-refractivity contribution >= 4 is 27.5 Å². The summed E-state index contributed by atoms with van der Waals surface area (Å²) in [6.45, 7) is 5.87. The van der Waals surface area contributed by atoms with Gasteiger partial charge in [0.1, 0.15) is 16.2 Å². The monoisotopic (exact) mass is 426 g/mol. The Kier molecular flexibility index (Phi) is 4.65. The van der Waals surface area contributed by atoms with Crippen LogP contribution in [0.25, 0.3) is 0 Å². The number of fused-ring (bicyclic) bond motifs is 1. The smallest absolute Gasteiger partial charge is 0.286 e. The molecule has 1 unspecified atom stereocenters. The van der Waals surface area contributed by atoms with Crippen LogP contribution < -0.4 is 5.32 Å². The number of hydrogen-bond donors (Lipinski definition) is 2. The zero-order chi connectivity index (χ0) is 21.7. The van der Waals surface area contributed by atoms with E-state index in [0.717, 1.165) is 0 Å². The average molecular weight is 426 g/mol. The van der Waals surface area contributed by atoms with Crippen molar-refractivity contribution < 1.29 is 18.3 Å². The standard InChI is InChI=1S/C21H22N4O4S/c1-21(2,3)18-17(26)16(20(27)25(18)12-13-8-6-7-11-22-13)19-23-14-9-4-5-10-15(14)30(28,29)24-19/h4-11,18,26H,12H2,1-3H3,(H,23,24). The molecule has 0 spiro atoms. The molecule has 1 amide bonds. The van der Waals surface area contributed by atoms with E-state index in [-0.39, 0.29) is 28.6 Å². The Balaban J connectivity index is 1.79. The molecule has 4 rings (SSSR count). The maximum absolute atomic E-state index is 13.4. The molecule has 0 aliphatic carbocycles. The Bertz CT molecular complexity index is 1180. The molecule has 30 heavy (non-hydrogen) atoms. The number of sulfonamides is 1. The van der Waals surface area contributed by atoms with Crippen LogP contribution >= 0.6 is 0 Å². The number of benzene rings is 1. The minimum absolute atomic E-state index is 0.0250. The second-order valence-corrected chi connectivity index (χ2v) is 9.89. The van der Waals surface area contributed by atoms with Crippen LogP contribution in [0.3, 0.4) is 0 Å². The highest BCUT2D eigenvalue weighted by Crippen LogP contribution is 2.39. The number of nitrogens with zero attached hydrogens (tertiary/aromatic N) is 3. The molecule has 156 valence electrons. The number of aromatic nitrogens is 1. The molecule has 9 heteroatoms. The second-order valence-electron chi connectivity index (χ2n) is 8.32. The maximum Gasteiger partial charge on any atom is 0.286 e. The van der Waals surface area contributed by atoms with E-state index in [1.807, 2.05) is 26.8 Å². The first-order chi connectivity index (χ1) is 14.1. The average Bonchev–Trinajstić information content (AvgIpc) is 2.92. The van der Waals surface area contributed by atoms with Crippen molar-refractivity contribution in [3.63, 3.8) is 0 Å². The topological polar surface area (TPSA) is 112 Å². The van der Waals surface area contributed by atoms with Gasteiger partial charge in [-0.1, -0.05) is 39.0 Å². The lowest BCUT2D eigenvalue weighted by Gasteiger charge is -2.35. The third kappa shape index (κ3) is 3.35. The molecule has 2 aliphatic rings. The molecule has 0 radical (unpaired) electrons. The number of rotatable bonds is 3. The molecule has 3 heterocycles. The van der Waals surface area contributed by atoms with E-state index in [2.05, 4.69) is 14.7 Å². The number of hydrogen-bond acceptors (Lipinski definition) is 6. The Morgan fingerprint density at radius 1 is 1.13 bits per heavy atom. The number of anilines is 1. The Morgan fingerprint density at radius 3 is 2.50 bits per heavy atom. The minimum atomic E-state index is -4.01. The van der Waals surface area contributed by atoms with Gasteiger partial charge in [0, 0.05) is 6.20 Å². The van der Waals surface area contributed by atoms with Gasteiger partial charge in [-0.2, -0.15) is 8.42 Å². The fraction of sp³-hybridized carbons (Fsp3) is 0.286. The first kappa shape index (κ1) is 20.1. The van der Waals surface area contributed by atoms with Crippen molar-refractivity contribution in [1.29, 1.82) is 0 Å². The third-order valence-corrected chi connectivity index (χ3v) is 6.38. The van der Waals surface area contributed by atoms with Gasteiger partial charge >= 0.3 is 0 Å². The summed E-state index contributed by atoms with van der Waals surface area (Å²) in [6.07, 6.45) is 1.63. The fourth-order valence-electron chi connectivity index (χ4n) is 3.81. The van der Waals surface area contributed by atoms with Crippen LogP contribution in [0.1, 0.15) is 26.5 Å². The molecule has 8 nitrogen and oxygen atoms in total. The number of para-hydroxylation sites is 1. The van der Waals surface area contributed by atoms with E-state index in [0.29, 0.717) is 11.4 Å². The molecule has 0 saturated heterocycles. The van der Waals surface area contributed by atoms with Gasteiger partial charge in [0.2, 0.25) is 0 Å². The SMILES string of the molecule is CC(C)(C)C1C(O)=C(C2=NS(=O)(=O)c3ccccc3N2)C(=O)N1Cc1ccccn1. The summed E-state index contributed by atoms with van der Waals surface area (Å²) in [5, 5.41) is 14.0. The van der Waals surface area contributed by atoms with Gasteiger partial charge in [0.25, 0.3) is 15.9 Å². The summed E-state index contributed by atoms with van der Waals surface area (Å²) >= 11 is 0. The van der Waals surface area contributed by atoms with Gasteiger partial charge < -0.3 is 15.3 Å². The number of aliphatic hydroxyl groups is 1. The molecular formula is C21H22N4O4S. The van der Waals surface area contributed by atoms with Crippen LogP contribution in [0.15, 0.2) is 69.3 Å². The van der Waals surface area contributed by atoms with Gasteiger partial charge in [0.15, 0.2) is 5.84 Å². The highest BCUT2D eigenvalue weighted by molar-refractivity contribution is 7.90. The van der Waals surface area contributed by atoms with E-state index in [1.165, 1.54) is 11.0 Å². The number of pyridine rings is 1. The van der Waals surface area contributed by atoms with Gasteiger partial charge in [0.05, 0.1) is 24.0 Å². The van der Waals surface area contributed by atoms with E-state index >= 15 is 0 Å². The van der Waals surface area contributed by atoms with Crippen molar-refractivity contribution in [2.75, 3.05) is 5.32 Å². The van der Waals surface area contributed by atoms with Crippen LogP contribution in [0.4, 0.5) is 5.69 Å². The number of nitrogens with one attached hydrogen (secondary N) is 1. The predicted octanol–water partition coefficient (Wildman–Crippen LogP) is 2.86. The number of carbonyl (C=O) groups is 1. The van der Waals surface area contributed by atoms with Gasteiger partial charge in [-0.05, 0) is 29.7 Å². The summed E-state index contributed by atoms with van der Waals surface area (Å²) in [5.74, 6) is -0.878. The first-order valence-electron chi connectivity index (χ1n) is 9.45. The normalized spacial score (nSPS) is 20.6. The Labute approximate surface area is 175 Å². The Hall–Kier alpha value is -3.20. The van der Waals surface area contributed by atoms with Crippen LogP contribution in [0.2, 0.25) is 0 Å². The number of amidine groups is 1. The van der Waals surface area contributed by atoms with E-state index in [9.17, 15) is 18.3 Å². The van der Waals surface area contributed by atoms with Crippen molar-refractivity contribution in [2.24, 2.45) is 9.81 Å². The molecule has 2 N–H and O–H groups in total. The van der Waals surface area contributed by atoms with Crippen molar-refractivity contribution in [1.82, 2.24) is 9.88 Å². The molecule has 1 aromatic carbocycles. The lowest BCUT2D eigenvalue weighted by molar-refractivity contribution is -0.129. The number of aliphatic hydroxyl groups excluding tert-OH is 1. The van der Waals surface area contributed by atoms with Crippen molar-refractivity contribution in [3.8, 4) is 0 Å². The fourth-order valence-corrected chi connectivity index (χ4v) is 4.93. The molecule has 1 atom stereocenters. The summed E-state index contributed by atoms with van der Waals surface area (Å²) in [7, 11) is -4.01. The zero-order valence-corrected chi connectivity index (χ0v) is 17.6. The Morgan fingerprint density at radius 2 is 1.83 bits per heavy atom. The molecule has 0 bridgehead atoms. The van der Waals surface area contributed by atoms with E-state index in [4.69, 9.17) is 0 Å². The highest BCUT2D eigenvalue weighted by Gasteiger charge is 2.48. The largest absolute Gasteiger partial charge is 0.509 e. The van der Waals surface area contributed by atoms with Crippen LogP contribution in [0, 0.1) is 5.41 Å². The van der Waals surface area contributed by atoms with Gasteiger partial charge in [-0.25, -0.2) is 0 Å². The maximum atomic E-state index is 13.4. The summed E-state index contributed by atoms with van der Waals surface area (Å²) in [4.78, 5) is 19.2. The molecule has 0 saturated carbocycles. The summed E-state index contributed by atoms with van der Waals surface area (Å²) in [5.41, 5.74) is 0.322. The lowest BCUT2D eigenvalue weighted by Crippen LogP contribution is -2.43. The minimum Gasteiger partial charge on any atom is -0.509 e. The highest BCUT2D eigenvalue weighted by atomic mass is 32.2. The zero-order valence-electron chi connectivity index (χ0n) is 16.8. The lowest BCUT2D eigenvalue weighted by atomic mass is 9.85. The number of carbonyl (C=O) groups excluding carboxylic acids is 1. The summed E-state index contributed by atoms with van der Waals surface area (Å²) in [6, 6.07) is 11.0.